The zero-order valence-corrected chi connectivity index (χ0v) is 53.3. The van der Waals surface area contributed by atoms with Crippen molar-refractivity contribution in [3.8, 4) is 0 Å². The van der Waals surface area contributed by atoms with Gasteiger partial charge in [-0.15, -0.1) is 23.5 Å². The highest BCUT2D eigenvalue weighted by Gasteiger charge is 2.49. The maximum atomic E-state index is 13.4. The largest absolute Gasteiger partial charge is 0.343 e. The number of likely N-dealkylation sites (tertiary alicyclic amines) is 3. The lowest BCUT2D eigenvalue weighted by molar-refractivity contribution is -0.133. The van der Waals surface area contributed by atoms with Crippen molar-refractivity contribution in [2.24, 2.45) is 17.2 Å². The monoisotopic (exact) mass is 1290 g/mol. The predicted octanol–water partition coefficient (Wildman–Crippen LogP) is 13.5. The standard InChI is InChI=1S/C28H30N2OS.C20H20Cl2N2O3S.C20H20Cl2N2OS/c29-19-21-11-12-26-25(17-21)28(20-32-26)13-15-30(16-14-28)27(31)18-24(22-7-3-1-4-8-22)23-9-5-2-6-10-23;21-16-3-2-14(10-17(16)22)19(25)24-7-5-20(6-8-24)12-28(26,27)18-4-1-13(11-23)9-15(18)20;21-16-3-2-14(10-17(16)22)19(25)24-7-5-20(6-8-24)12-26-18-4-1-13(11-23)9-15(18)20/h1-12,17,24H,13-16,18-20,29H2;1-4,9-10H,5-8,11-12,23H2;1-4,9-10H,5-8,11-12,23H2. The number of amides is 3. The summed E-state index contributed by atoms with van der Waals surface area (Å²) in [7, 11) is -3.32. The van der Waals surface area contributed by atoms with Crippen LogP contribution in [0.1, 0.15) is 116 Å². The summed E-state index contributed by atoms with van der Waals surface area (Å²) in [5, 5.41) is 1.63. The number of nitrogens with zero attached hydrogens (tertiary/aromatic N) is 3. The van der Waals surface area contributed by atoms with E-state index >= 15 is 0 Å². The molecule has 7 aromatic carbocycles. The van der Waals surface area contributed by atoms with Crippen molar-refractivity contribution in [2.75, 3.05) is 56.5 Å². The predicted molar refractivity (Wildman–Crippen MR) is 350 cm³/mol. The zero-order chi connectivity index (χ0) is 60.4. The molecule has 7 aromatic rings. The third-order valence-corrected chi connectivity index (χ3v) is 24.7. The van der Waals surface area contributed by atoms with E-state index in [2.05, 4.69) is 89.8 Å². The molecule has 0 radical (unpaired) electrons. The van der Waals surface area contributed by atoms with E-state index in [1.54, 1.807) is 53.4 Å². The minimum Gasteiger partial charge on any atom is -0.343 e. The van der Waals surface area contributed by atoms with Gasteiger partial charge in [-0.25, -0.2) is 8.42 Å². The third kappa shape index (κ3) is 12.9. The minimum atomic E-state index is -3.32. The number of fused-ring (bicyclic) bond motifs is 6. The summed E-state index contributed by atoms with van der Waals surface area (Å²) in [5.74, 6) is 2.57. The van der Waals surface area contributed by atoms with Gasteiger partial charge in [0.1, 0.15) is 0 Å². The number of nitrogens with two attached hydrogens (primary N) is 3. The fourth-order valence-corrected chi connectivity index (χ4v) is 19.2. The van der Waals surface area contributed by atoms with Gasteiger partial charge in [0.2, 0.25) is 5.91 Å². The molecule has 3 amide bonds. The lowest BCUT2D eigenvalue weighted by Crippen LogP contribution is -2.46. The maximum Gasteiger partial charge on any atom is 0.253 e. The summed E-state index contributed by atoms with van der Waals surface area (Å²) in [4.78, 5) is 48.0. The number of benzene rings is 7. The molecule has 0 unspecified atom stereocenters. The molecule has 0 aromatic heterocycles. The van der Waals surface area contributed by atoms with Gasteiger partial charge in [-0.1, -0.05) is 143 Å². The van der Waals surface area contributed by atoms with Crippen LogP contribution in [0, 0.1) is 0 Å². The second kappa shape index (κ2) is 26.4. The fraction of sp³-hybridized carbons (Fsp3) is 0.338. The van der Waals surface area contributed by atoms with Crippen molar-refractivity contribution >= 4 is 97.5 Å². The first kappa shape index (κ1) is 62.3. The summed E-state index contributed by atoms with van der Waals surface area (Å²) >= 11 is 27.9. The van der Waals surface area contributed by atoms with E-state index in [0.29, 0.717) is 88.1 Å². The highest BCUT2D eigenvalue weighted by Crippen LogP contribution is 2.52. The Morgan fingerprint density at radius 2 is 0.860 bits per heavy atom. The van der Waals surface area contributed by atoms with Crippen LogP contribution in [0.3, 0.4) is 0 Å². The summed E-state index contributed by atoms with van der Waals surface area (Å²) in [6, 6.07) is 49.4. The summed E-state index contributed by atoms with van der Waals surface area (Å²) in [5.41, 5.74) is 27.9. The van der Waals surface area contributed by atoms with Crippen LogP contribution >= 0.6 is 69.9 Å². The van der Waals surface area contributed by atoms with Gasteiger partial charge in [0, 0.05) is 120 Å². The number of carbonyl (C=O) groups excluding carboxylic acids is 3. The smallest absolute Gasteiger partial charge is 0.253 e. The van der Waals surface area contributed by atoms with Crippen LogP contribution in [0.4, 0.5) is 0 Å². The molecule has 6 aliphatic heterocycles. The van der Waals surface area contributed by atoms with E-state index < -0.39 is 15.3 Å². The Kier molecular flexibility index (Phi) is 19.1. The van der Waals surface area contributed by atoms with Crippen molar-refractivity contribution in [3.05, 3.63) is 227 Å². The van der Waals surface area contributed by atoms with E-state index in [-0.39, 0.29) is 40.2 Å². The number of sulfone groups is 1. The van der Waals surface area contributed by atoms with E-state index in [1.807, 2.05) is 46.6 Å². The lowest BCUT2D eigenvalue weighted by atomic mass is 9.74. The normalized spacial score (nSPS) is 18.2. The van der Waals surface area contributed by atoms with Crippen LogP contribution in [-0.4, -0.2) is 97.4 Å². The number of hydrogen-bond acceptors (Lipinski definition) is 10. The Labute approximate surface area is 533 Å². The number of halogens is 4. The fourth-order valence-electron chi connectivity index (χ4n) is 13.4. The molecule has 11 nitrogen and oxygen atoms in total. The molecule has 0 atom stereocenters. The molecule has 3 spiro atoms. The number of piperidine rings is 3. The Morgan fingerprint density at radius 3 is 1.28 bits per heavy atom. The summed E-state index contributed by atoms with van der Waals surface area (Å²) in [6.07, 6.45) is 5.74. The third-order valence-electron chi connectivity index (χ3n) is 18.6. The highest BCUT2D eigenvalue weighted by atomic mass is 35.5. The Bertz CT molecular complexity index is 3740. The van der Waals surface area contributed by atoms with Crippen LogP contribution in [0.2, 0.25) is 20.1 Å². The van der Waals surface area contributed by atoms with Crippen LogP contribution < -0.4 is 17.2 Å². The molecule has 0 aliphatic carbocycles. The molecular weight excluding hydrogens is 1220 g/mol. The van der Waals surface area contributed by atoms with E-state index in [4.69, 9.17) is 63.6 Å². The van der Waals surface area contributed by atoms with E-state index in [1.165, 1.54) is 43.2 Å². The molecule has 448 valence electrons. The van der Waals surface area contributed by atoms with Gasteiger partial charge in [0.15, 0.2) is 9.84 Å². The van der Waals surface area contributed by atoms with Gasteiger partial charge >= 0.3 is 0 Å². The average Bonchev–Trinajstić information content (AvgIpc) is 1.79. The lowest BCUT2D eigenvalue weighted by Gasteiger charge is -2.40. The second-order valence-electron chi connectivity index (χ2n) is 23.6. The molecule has 0 bridgehead atoms. The minimum absolute atomic E-state index is 0.0278. The van der Waals surface area contributed by atoms with Crippen molar-refractivity contribution in [2.45, 2.75) is 101 Å². The first-order chi connectivity index (χ1) is 41.5. The molecule has 18 heteroatoms. The van der Waals surface area contributed by atoms with Gasteiger partial charge in [0.05, 0.1) is 30.7 Å². The van der Waals surface area contributed by atoms with Crippen molar-refractivity contribution < 1.29 is 22.8 Å². The number of carbonyl (C=O) groups is 3. The van der Waals surface area contributed by atoms with Crippen LogP contribution in [0.25, 0.3) is 0 Å². The highest BCUT2D eigenvalue weighted by molar-refractivity contribution is 8.00. The SMILES string of the molecule is NCc1ccc2c(c1)C1(CCN(C(=O)CC(c3ccccc3)c3ccccc3)CC1)CS2.NCc1ccc2c(c1)C1(CCN(C(=O)c3ccc(Cl)c(Cl)c3)CC1)CS2.NCc1ccc2c(c1)C1(CCN(C(=O)c3ccc(Cl)c(Cl)c3)CC1)CS2(=O)=O. The van der Waals surface area contributed by atoms with Crippen molar-refractivity contribution in [1.29, 1.82) is 0 Å². The Balaban J connectivity index is 0.000000135. The first-order valence-electron chi connectivity index (χ1n) is 29.3. The summed E-state index contributed by atoms with van der Waals surface area (Å²) in [6.45, 7) is 5.67. The Hall–Kier alpha value is -5.36. The molecule has 6 heterocycles. The molecule has 86 heavy (non-hydrogen) atoms. The van der Waals surface area contributed by atoms with Gasteiger partial charge in [-0.05, 0) is 138 Å². The molecule has 0 saturated carbocycles. The molecule has 6 N–H and O–H groups in total. The quantitative estimate of drug-likeness (QED) is 0.126. The van der Waals surface area contributed by atoms with Crippen LogP contribution in [0.15, 0.2) is 166 Å². The van der Waals surface area contributed by atoms with Gasteiger partial charge < -0.3 is 31.9 Å². The van der Waals surface area contributed by atoms with Crippen molar-refractivity contribution in [1.82, 2.24) is 14.7 Å². The zero-order valence-electron chi connectivity index (χ0n) is 47.8. The van der Waals surface area contributed by atoms with E-state index in [0.717, 1.165) is 74.5 Å². The second-order valence-corrected chi connectivity index (χ2v) is 29.2. The molecule has 3 saturated heterocycles. The van der Waals surface area contributed by atoms with Gasteiger partial charge in [-0.3, -0.25) is 14.4 Å². The van der Waals surface area contributed by atoms with Gasteiger partial charge in [0.25, 0.3) is 11.8 Å². The number of hydrogen-bond donors (Lipinski definition) is 3. The van der Waals surface area contributed by atoms with E-state index in [9.17, 15) is 22.8 Å². The summed E-state index contributed by atoms with van der Waals surface area (Å²) < 4.78 is 25.4. The molecule has 13 rings (SSSR count). The molecular formula is C68H70Cl4N6O5S3. The Morgan fingerprint density at radius 1 is 0.465 bits per heavy atom. The molecule has 3 fully saturated rings. The number of rotatable bonds is 9. The average molecular weight is 1290 g/mol. The van der Waals surface area contributed by atoms with Gasteiger partial charge in [-0.2, -0.15) is 0 Å². The van der Waals surface area contributed by atoms with Crippen LogP contribution in [-0.2, 0) is 50.5 Å². The number of thioether (sulfide) groups is 2. The van der Waals surface area contributed by atoms with Crippen LogP contribution in [0.5, 0.6) is 0 Å². The maximum absolute atomic E-state index is 13.4. The van der Waals surface area contributed by atoms with Crippen molar-refractivity contribution in [3.63, 3.8) is 0 Å². The first-order valence-corrected chi connectivity index (χ1v) is 34.5. The molecule has 6 aliphatic rings. The topological polar surface area (TPSA) is 173 Å².